The zero-order valence-electron chi connectivity index (χ0n) is 12.0. The third-order valence-electron chi connectivity index (χ3n) is 3.02. The van der Waals surface area contributed by atoms with Gasteiger partial charge in [-0.3, -0.25) is 0 Å². The number of benzene rings is 1. The van der Waals surface area contributed by atoms with Crippen LogP contribution in [-0.4, -0.2) is 18.5 Å². The van der Waals surface area contributed by atoms with Gasteiger partial charge in [0.2, 0.25) is 0 Å². The Morgan fingerprint density at radius 1 is 1.22 bits per heavy atom. The molecule has 0 heterocycles. The van der Waals surface area contributed by atoms with E-state index in [4.69, 9.17) is 20.0 Å². The molecule has 0 atom stereocenters. The molecule has 7 nitrogen and oxygen atoms in total. The van der Waals surface area contributed by atoms with E-state index in [-0.39, 0.29) is 0 Å². The number of rotatable bonds is 6. The molecule has 0 bridgehead atoms. The lowest BCUT2D eigenvalue weighted by Crippen LogP contribution is -2.19. The fourth-order valence-electron chi connectivity index (χ4n) is 1.60. The van der Waals surface area contributed by atoms with E-state index in [0.717, 1.165) is 6.08 Å². The number of ether oxygens (including phenoxy) is 3. The van der Waals surface area contributed by atoms with Gasteiger partial charge in [-0.2, -0.15) is 10.5 Å². The molecule has 0 aromatic heterocycles. The average molecular weight is 312 g/mol. The predicted molar refractivity (Wildman–Crippen MR) is 75.1 cm³/mol. The number of hydrogen-bond donors (Lipinski definition) is 0. The van der Waals surface area contributed by atoms with Gasteiger partial charge in [0.15, 0.2) is 12.0 Å². The van der Waals surface area contributed by atoms with E-state index in [1.54, 1.807) is 36.4 Å². The van der Waals surface area contributed by atoms with Crippen molar-refractivity contribution >= 4 is 11.9 Å². The van der Waals surface area contributed by atoms with Crippen molar-refractivity contribution < 1.29 is 23.8 Å². The Kier molecular flexibility index (Phi) is 4.96. The van der Waals surface area contributed by atoms with Crippen molar-refractivity contribution in [1.29, 1.82) is 10.5 Å². The molecular weight excluding hydrogens is 300 g/mol. The van der Waals surface area contributed by atoms with Gasteiger partial charge < -0.3 is 14.2 Å². The van der Waals surface area contributed by atoms with Gasteiger partial charge in [-0.25, -0.2) is 9.59 Å². The van der Waals surface area contributed by atoms with Crippen molar-refractivity contribution in [3.63, 3.8) is 0 Å². The van der Waals surface area contributed by atoms with E-state index in [1.165, 1.54) is 0 Å². The van der Waals surface area contributed by atoms with Crippen LogP contribution in [0.1, 0.15) is 12.8 Å². The van der Waals surface area contributed by atoms with Gasteiger partial charge in [0.25, 0.3) is 5.95 Å². The highest BCUT2D eigenvalue weighted by atomic mass is 16.7. The van der Waals surface area contributed by atoms with Crippen LogP contribution in [0.5, 0.6) is 5.75 Å². The van der Waals surface area contributed by atoms with Crippen LogP contribution in [-0.2, 0) is 19.1 Å². The second-order valence-electron chi connectivity index (χ2n) is 4.73. The number of carbonyl (C=O) groups is 2. The fourth-order valence-corrected chi connectivity index (χ4v) is 1.60. The third kappa shape index (κ3) is 4.32. The van der Waals surface area contributed by atoms with Crippen LogP contribution in [0.25, 0.3) is 0 Å². The number of para-hydroxylation sites is 1. The van der Waals surface area contributed by atoms with Crippen molar-refractivity contribution in [2.75, 3.05) is 6.61 Å². The molecule has 1 saturated carbocycles. The second kappa shape index (κ2) is 7.10. The highest BCUT2D eigenvalue weighted by molar-refractivity contribution is 5.86. The molecule has 116 valence electrons. The summed E-state index contributed by atoms with van der Waals surface area (Å²) in [5.41, 5.74) is -1.17. The average Bonchev–Trinajstić information content (AvgIpc) is 3.35. The molecule has 0 unspecified atom stereocenters. The largest absolute Gasteiger partial charge is 0.447 e. The lowest BCUT2D eigenvalue weighted by molar-refractivity contribution is -0.147. The molecule has 0 aliphatic heterocycles. The summed E-state index contributed by atoms with van der Waals surface area (Å²) in [6.07, 6.45) is 1.62. The summed E-state index contributed by atoms with van der Waals surface area (Å²) in [7, 11) is 0. The minimum absolute atomic E-state index is 0.335. The maximum atomic E-state index is 12.0. The molecule has 23 heavy (non-hydrogen) atoms. The molecule has 0 radical (unpaired) electrons. The molecule has 0 spiro atoms. The van der Waals surface area contributed by atoms with E-state index in [9.17, 15) is 9.59 Å². The van der Waals surface area contributed by atoms with Crippen molar-refractivity contribution in [3.05, 3.63) is 42.4 Å². The van der Waals surface area contributed by atoms with Crippen LogP contribution in [0, 0.1) is 28.1 Å². The Morgan fingerprint density at radius 3 is 2.48 bits per heavy atom. The van der Waals surface area contributed by atoms with Crippen molar-refractivity contribution in [3.8, 4) is 17.9 Å². The summed E-state index contributed by atoms with van der Waals surface area (Å²) >= 11 is 0. The quantitative estimate of drug-likeness (QED) is 0.447. The summed E-state index contributed by atoms with van der Waals surface area (Å²) in [4.78, 5) is 23.5. The molecule has 7 heteroatoms. The van der Waals surface area contributed by atoms with Crippen molar-refractivity contribution in [2.45, 2.75) is 12.8 Å². The van der Waals surface area contributed by atoms with E-state index in [0.29, 0.717) is 18.6 Å². The maximum Gasteiger partial charge on any atom is 0.339 e. The van der Waals surface area contributed by atoms with E-state index in [2.05, 4.69) is 4.74 Å². The van der Waals surface area contributed by atoms with Gasteiger partial charge >= 0.3 is 11.9 Å². The van der Waals surface area contributed by atoms with Crippen LogP contribution in [0.4, 0.5) is 0 Å². The molecule has 0 saturated heterocycles. The molecule has 1 aromatic rings. The van der Waals surface area contributed by atoms with E-state index >= 15 is 0 Å². The highest BCUT2D eigenvalue weighted by Crippen LogP contribution is 2.46. The Balaban J connectivity index is 2.13. The zero-order valence-corrected chi connectivity index (χ0v) is 12.0. The van der Waals surface area contributed by atoms with Crippen LogP contribution < -0.4 is 4.74 Å². The van der Waals surface area contributed by atoms with Gasteiger partial charge in [-0.1, -0.05) is 18.2 Å². The van der Waals surface area contributed by atoms with Gasteiger partial charge in [-0.15, -0.1) is 0 Å². The van der Waals surface area contributed by atoms with Crippen LogP contribution >= 0.6 is 0 Å². The molecule has 1 aliphatic carbocycles. The predicted octanol–water partition coefficient (Wildman–Crippen LogP) is 1.82. The van der Waals surface area contributed by atoms with Gasteiger partial charge in [0.05, 0.1) is 6.07 Å². The molecular formula is C16H12N2O5. The number of hydrogen-bond acceptors (Lipinski definition) is 7. The first kappa shape index (κ1) is 16.1. The topological polar surface area (TPSA) is 109 Å². The Hall–Kier alpha value is -3.32. The molecule has 0 N–H and O–H groups in total. The number of carbonyl (C=O) groups excluding carboxylic acids is 2. The standard InChI is InChI=1S/C16H12N2O5/c17-8-9-21-13(19)10-14(22-12-4-2-1-3-5-12)23-15(20)16(11-18)6-7-16/h1-5,10H,6-7,9H2/b14-10-. The lowest BCUT2D eigenvalue weighted by atomic mass is 10.1. The summed E-state index contributed by atoms with van der Waals surface area (Å²) in [5.74, 6) is -1.76. The summed E-state index contributed by atoms with van der Waals surface area (Å²) < 4.78 is 14.9. The molecule has 1 aliphatic rings. The highest BCUT2D eigenvalue weighted by Gasteiger charge is 2.53. The minimum atomic E-state index is -1.17. The van der Waals surface area contributed by atoms with Crippen molar-refractivity contribution in [2.24, 2.45) is 5.41 Å². The fraction of sp³-hybridized carbons (Fsp3) is 0.250. The smallest absolute Gasteiger partial charge is 0.339 e. The van der Waals surface area contributed by atoms with Crippen LogP contribution in [0.2, 0.25) is 0 Å². The van der Waals surface area contributed by atoms with E-state index < -0.39 is 29.9 Å². The first-order valence-electron chi connectivity index (χ1n) is 6.71. The summed E-state index contributed by atoms with van der Waals surface area (Å²) in [6.45, 7) is -0.440. The molecule has 1 aromatic carbocycles. The number of esters is 2. The first-order chi connectivity index (χ1) is 11.1. The molecule has 0 amide bonds. The monoisotopic (exact) mass is 312 g/mol. The molecule has 2 rings (SSSR count). The first-order valence-corrected chi connectivity index (χ1v) is 6.71. The van der Waals surface area contributed by atoms with Gasteiger partial charge in [0, 0.05) is 0 Å². The van der Waals surface area contributed by atoms with E-state index in [1.807, 2.05) is 6.07 Å². The minimum Gasteiger partial charge on any atom is -0.447 e. The normalized spacial score (nSPS) is 14.8. The second-order valence-corrected chi connectivity index (χ2v) is 4.73. The zero-order chi connectivity index (χ0) is 16.7. The maximum absolute atomic E-state index is 12.0. The van der Waals surface area contributed by atoms with Crippen molar-refractivity contribution in [1.82, 2.24) is 0 Å². The summed E-state index contributed by atoms with van der Waals surface area (Å²) in [5, 5.41) is 17.4. The summed E-state index contributed by atoms with van der Waals surface area (Å²) in [6, 6.07) is 11.9. The Labute approximate surface area is 132 Å². The Morgan fingerprint density at radius 2 is 1.91 bits per heavy atom. The number of nitriles is 2. The van der Waals surface area contributed by atoms with Crippen LogP contribution in [0.3, 0.4) is 0 Å². The number of nitrogens with zero attached hydrogens (tertiary/aromatic N) is 2. The van der Waals surface area contributed by atoms with Gasteiger partial charge in [-0.05, 0) is 25.0 Å². The van der Waals surface area contributed by atoms with Gasteiger partial charge in [0.1, 0.15) is 17.9 Å². The third-order valence-corrected chi connectivity index (χ3v) is 3.02. The van der Waals surface area contributed by atoms with Crippen LogP contribution in [0.15, 0.2) is 42.4 Å². The Bertz CT molecular complexity index is 708. The lowest BCUT2D eigenvalue weighted by Gasteiger charge is -2.11. The SMILES string of the molecule is N#CCOC(=O)/C=C(\OC(=O)C1(C#N)CC1)Oc1ccccc1. The molecule has 1 fully saturated rings.